The van der Waals surface area contributed by atoms with Gasteiger partial charge in [-0.25, -0.2) is 0 Å². The van der Waals surface area contributed by atoms with Crippen LogP contribution in [0, 0.1) is 0 Å². The first-order valence-electron chi connectivity index (χ1n) is 15.8. The standard InChI is InChI=1S/2C12H9N.C6H6.5C2H6/c2*1-3-7-11-9(5-1)10-6-2-4-8-12(10)13-11;1-2-4-6-5-3-1;5*1-2/h2*1-8,13H;1-6H;5*1-2H3. The van der Waals surface area contributed by atoms with E-state index in [9.17, 15) is 0 Å². The molecule has 0 saturated carbocycles. The summed E-state index contributed by atoms with van der Waals surface area (Å²) in [6.45, 7) is 20.0. The summed E-state index contributed by atoms with van der Waals surface area (Å²) in [5.74, 6) is 0. The van der Waals surface area contributed by atoms with Crippen LogP contribution < -0.4 is 0 Å². The number of para-hydroxylation sites is 4. The first-order valence-corrected chi connectivity index (χ1v) is 15.8. The Bertz CT molecular complexity index is 1340. The second-order valence-electron chi connectivity index (χ2n) is 7.59. The van der Waals surface area contributed by atoms with Gasteiger partial charge in [-0.3, -0.25) is 0 Å². The van der Waals surface area contributed by atoms with Crippen LogP contribution in [0.5, 0.6) is 0 Å². The van der Waals surface area contributed by atoms with Gasteiger partial charge in [0.2, 0.25) is 0 Å². The summed E-state index contributed by atoms with van der Waals surface area (Å²) in [6, 6.07) is 45.5. The van der Waals surface area contributed by atoms with Crippen LogP contribution in [0.2, 0.25) is 0 Å². The fourth-order valence-corrected chi connectivity index (χ4v) is 3.98. The van der Waals surface area contributed by atoms with Gasteiger partial charge in [-0.15, -0.1) is 0 Å². The van der Waals surface area contributed by atoms with E-state index in [2.05, 4.69) is 107 Å². The maximum atomic E-state index is 3.38. The lowest BCUT2D eigenvalue weighted by atomic mass is 10.2. The summed E-state index contributed by atoms with van der Waals surface area (Å²) in [6.07, 6.45) is 0. The van der Waals surface area contributed by atoms with Crippen LogP contribution in [0.3, 0.4) is 0 Å². The molecule has 0 bridgehead atoms. The minimum Gasteiger partial charge on any atom is -0.355 e. The number of H-pyrrole nitrogens is 2. The van der Waals surface area contributed by atoms with Crippen molar-refractivity contribution in [3.05, 3.63) is 133 Å². The van der Waals surface area contributed by atoms with Gasteiger partial charge in [-0.1, -0.05) is 178 Å². The lowest BCUT2D eigenvalue weighted by Crippen LogP contribution is -1.62. The number of nitrogens with one attached hydrogen (secondary N) is 2. The second kappa shape index (κ2) is 24.5. The third-order valence-electron chi connectivity index (χ3n) is 5.49. The molecule has 0 aliphatic carbocycles. The molecule has 42 heavy (non-hydrogen) atoms. The lowest BCUT2D eigenvalue weighted by Gasteiger charge is -1.87. The van der Waals surface area contributed by atoms with E-state index >= 15 is 0 Å². The number of benzene rings is 5. The molecule has 0 amide bonds. The molecule has 2 heterocycles. The lowest BCUT2D eigenvalue weighted by molar-refractivity contribution is 1.50. The third-order valence-corrected chi connectivity index (χ3v) is 5.49. The van der Waals surface area contributed by atoms with E-state index in [1.165, 1.54) is 43.6 Å². The Morgan fingerprint density at radius 2 is 0.405 bits per heavy atom. The SMILES string of the molecule is CC.CC.CC.CC.CC.c1ccc2c(c1)[nH]c1ccccc12.c1ccc2c(c1)[nH]c1ccccc12.c1ccccc1. The molecular weight excluding hydrogens is 508 g/mol. The zero-order chi connectivity index (χ0) is 31.6. The molecule has 0 fully saturated rings. The van der Waals surface area contributed by atoms with Crippen LogP contribution in [-0.2, 0) is 0 Å². The number of aromatic nitrogens is 2. The zero-order valence-corrected chi connectivity index (χ0v) is 27.7. The Kier molecular flexibility index (Phi) is 22.0. The highest BCUT2D eigenvalue weighted by molar-refractivity contribution is 6.07. The number of hydrogen-bond donors (Lipinski definition) is 2. The molecule has 0 unspecified atom stereocenters. The van der Waals surface area contributed by atoms with Crippen LogP contribution in [0.25, 0.3) is 43.6 Å². The van der Waals surface area contributed by atoms with Gasteiger partial charge in [-0.2, -0.15) is 0 Å². The number of rotatable bonds is 0. The van der Waals surface area contributed by atoms with Gasteiger partial charge in [-0.05, 0) is 24.3 Å². The van der Waals surface area contributed by atoms with E-state index in [0.29, 0.717) is 0 Å². The van der Waals surface area contributed by atoms with Gasteiger partial charge < -0.3 is 9.97 Å². The Morgan fingerprint density at radius 3 is 0.595 bits per heavy atom. The fourth-order valence-electron chi connectivity index (χ4n) is 3.98. The van der Waals surface area contributed by atoms with Gasteiger partial charge in [0.1, 0.15) is 0 Å². The molecule has 5 aromatic carbocycles. The second-order valence-corrected chi connectivity index (χ2v) is 7.59. The summed E-state index contributed by atoms with van der Waals surface area (Å²) in [4.78, 5) is 6.76. The average Bonchev–Trinajstić information content (AvgIpc) is 3.69. The minimum atomic E-state index is 1.21. The molecule has 224 valence electrons. The molecule has 0 saturated heterocycles. The quantitative estimate of drug-likeness (QED) is 0.184. The smallest absolute Gasteiger partial charge is 0.0464 e. The molecule has 0 spiro atoms. The molecule has 7 aromatic rings. The zero-order valence-electron chi connectivity index (χ0n) is 27.7. The molecule has 7 rings (SSSR count). The topological polar surface area (TPSA) is 31.6 Å². The van der Waals surface area contributed by atoms with Gasteiger partial charge in [0.25, 0.3) is 0 Å². The van der Waals surface area contributed by atoms with Crippen molar-refractivity contribution >= 4 is 43.6 Å². The molecule has 2 N–H and O–H groups in total. The highest BCUT2D eigenvalue weighted by atomic mass is 14.7. The molecule has 0 aliphatic rings. The van der Waals surface area contributed by atoms with Crippen molar-refractivity contribution < 1.29 is 0 Å². The Hall–Kier alpha value is -4.30. The van der Waals surface area contributed by atoms with Crippen molar-refractivity contribution in [2.75, 3.05) is 0 Å². The van der Waals surface area contributed by atoms with Crippen molar-refractivity contribution in [3.63, 3.8) is 0 Å². The molecule has 2 nitrogen and oxygen atoms in total. The maximum Gasteiger partial charge on any atom is 0.0464 e. The van der Waals surface area contributed by atoms with Crippen LogP contribution in [-0.4, -0.2) is 9.97 Å². The summed E-state index contributed by atoms with van der Waals surface area (Å²) < 4.78 is 0. The third kappa shape index (κ3) is 11.3. The first-order chi connectivity index (χ1) is 20.9. The van der Waals surface area contributed by atoms with E-state index < -0.39 is 0 Å². The number of fused-ring (bicyclic) bond motifs is 6. The Balaban J connectivity index is 0.000000544. The Morgan fingerprint density at radius 1 is 0.238 bits per heavy atom. The van der Waals surface area contributed by atoms with E-state index in [0.717, 1.165) is 0 Å². The summed E-state index contributed by atoms with van der Waals surface area (Å²) in [7, 11) is 0. The molecule has 2 aromatic heterocycles. The van der Waals surface area contributed by atoms with E-state index in [-0.39, 0.29) is 0 Å². The highest BCUT2D eigenvalue weighted by Gasteiger charge is 2.01. The number of aromatic amines is 2. The van der Waals surface area contributed by atoms with E-state index in [1.54, 1.807) is 0 Å². The predicted molar refractivity (Wildman–Crippen MR) is 195 cm³/mol. The van der Waals surface area contributed by atoms with Gasteiger partial charge in [0.05, 0.1) is 0 Å². The monoisotopic (exact) mass is 562 g/mol. The summed E-state index contributed by atoms with van der Waals surface area (Å²) >= 11 is 0. The van der Waals surface area contributed by atoms with Crippen LogP contribution >= 0.6 is 0 Å². The minimum absolute atomic E-state index is 1.21. The number of hydrogen-bond acceptors (Lipinski definition) is 0. The van der Waals surface area contributed by atoms with Gasteiger partial charge in [0.15, 0.2) is 0 Å². The fraction of sp³-hybridized carbons (Fsp3) is 0.250. The summed E-state index contributed by atoms with van der Waals surface area (Å²) in [5, 5.41) is 5.22. The van der Waals surface area contributed by atoms with Crippen molar-refractivity contribution in [2.24, 2.45) is 0 Å². The van der Waals surface area contributed by atoms with Crippen molar-refractivity contribution in [3.8, 4) is 0 Å². The predicted octanol–water partition coefficient (Wildman–Crippen LogP) is 13.5. The van der Waals surface area contributed by atoms with Gasteiger partial charge >= 0.3 is 0 Å². The van der Waals surface area contributed by atoms with Crippen LogP contribution in [0.1, 0.15) is 69.2 Å². The molecular formula is C40H54N2. The van der Waals surface area contributed by atoms with E-state index in [1.807, 2.05) is 106 Å². The van der Waals surface area contributed by atoms with Crippen LogP contribution in [0.15, 0.2) is 133 Å². The van der Waals surface area contributed by atoms with Crippen molar-refractivity contribution in [1.82, 2.24) is 9.97 Å². The molecule has 0 atom stereocenters. The first kappa shape index (κ1) is 37.7. The maximum absolute atomic E-state index is 3.38. The normalized spacial score (nSPS) is 8.71. The molecule has 0 radical (unpaired) electrons. The average molecular weight is 563 g/mol. The Labute approximate surface area is 255 Å². The molecule has 0 aliphatic heterocycles. The van der Waals surface area contributed by atoms with Crippen molar-refractivity contribution in [1.29, 1.82) is 0 Å². The van der Waals surface area contributed by atoms with Crippen molar-refractivity contribution in [2.45, 2.75) is 69.2 Å². The largest absolute Gasteiger partial charge is 0.355 e. The van der Waals surface area contributed by atoms with Gasteiger partial charge in [0, 0.05) is 43.6 Å². The summed E-state index contributed by atoms with van der Waals surface area (Å²) in [5.41, 5.74) is 4.85. The molecule has 2 heteroatoms. The highest BCUT2D eigenvalue weighted by Crippen LogP contribution is 2.25. The van der Waals surface area contributed by atoms with E-state index in [4.69, 9.17) is 0 Å². The van der Waals surface area contributed by atoms with Crippen LogP contribution in [0.4, 0.5) is 0 Å².